The van der Waals surface area contributed by atoms with Crippen LogP contribution >= 0.6 is 11.8 Å². The van der Waals surface area contributed by atoms with Gasteiger partial charge in [-0.05, 0) is 30.3 Å². The van der Waals surface area contributed by atoms with Crippen molar-refractivity contribution in [3.63, 3.8) is 0 Å². The predicted octanol–water partition coefficient (Wildman–Crippen LogP) is 3.08. The summed E-state index contributed by atoms with van der Waals surface area (Å²) >= 11 is 1.59. The van der Waals surface area contributed by atoms with Gasteiger partial charge in [0, 0.05) is 10.6 Å². The number of methoxy groups -OCH3 is 1. The lowest BCUT2D eigenvalue weighted by Crippen LogP contribution is -2.01. The monoisotopic (exact) mass is 275 g/mol. The second-order valence-corrected chi connectivity index (χ2v) is 4.84. The summed E-state index contributed by atoms with van der Waals surface area (Å²) < 4.78 is 5.15. The van der Waals surface area contributed by atoms with Gasteiger partial charge in [-0.25, -0.2) is 9.78 Å². The van der Waals surface area contributed by atoms with Gasteiger partial charge in [0.05, 0.1) is 12.8 Å². The Balaban J connectivity index is 2.05. The number of aromatic carboxylic acids is 1. The average molecular weight is 275 g/mol. The maximum Gasteiger partial charge on any atom is 0.354 e. The molecule has 0 saturated carbocycles. The smallest absolute Gasteiger partial charge is 0.354 e. The molecule has 0 atom stereocenters. The van der Waals surface area contributed by atoms with Gasteiger partial charge in [-0.2, -0.15) is 0 Å². The number of thioether (sulfide) groups is 1. The molecule has 0 bridgehead atoms. The molecule has 0 unspecified atom stereocenters. The minimum atomic E-state index is -1.01. The number of aromatic nitrogens is 1. The van der Waals surface area contributed by atoms with Crippen LogP contribution in [-0.4, -0.2) is 23.2 Å². The lowest BCUT2D eigenvalue weighted by atomic mass is 10.3. The molecule has 5 heteroatoms. The van der Waals surface area contributed by atoms with Crippen LogP contribution in [0.4, 0.5) is 0 Å². The first-order valence-corrected chi connectivity index (χ1v) is 6.63. The minimum absolute atomic E-state index is 0.0729. The Kier molecular flexibility index (Phi) is 4.41. The molecule has 0 spiro atoms. The number of hydrogen-bond donors (Lipinski definition) is 1. The third-order valence-electron chi connectivity index (χ3n) is 2.45. The van der Waals surface area contributed by atoms with Crippen LogP contribution in [0, 0.1) is 0 Å². The van der Waals surface area contributed by atoms with E-state index >= 15 is 0 Å². The Morgan fingerprint density at radius 3 is 2.84 bits per heavy atom. The summed E-state index contributed by atoms with van der Waals surface area (Å²) in [4.78, 5) is 16.0. The van der Waals surface area contributed by atoms with Gasteiger partial charge in [-0.1, -0.05) is 12.1 Å². The molecule has 4 nitrogen and oxygen atoms in total. The Morgan fingerprint density at radius 1 is 1.32 bits per heavy atom. The zero-order chi connectivity index (χ0) is 13.7. The molecule has 1 heterocycles. The van der Waals surface area contributed by atoms with Crippen LogP contribution in [0.15, 0.2) is 47.4 Å². The molecule has 0 aliphatic carbocycles. The Hall–Kier alpha value is -2.01. The van der Waals surface area contributed by atoms with Crippen molar-refractivity contribution in [3.05, 3.63) is 53.9 Å². The van der Waals surface area contributed by atoms with E-state index in [2.05, 4.69) is 4.98 Å². The SMILES string of the molecule is COc1cccc(SCc2cccc(C(=O)O)n2)c1. The van der Waals surface area contributed by atoms with Crippen molar-refractivity contribution < 1.29 is 14.6 Å². The van der Waals surface area contributed by atoms with Crippen LogP contribution in [0.2, 0.25) is 0 Å². The highest BCUT2D eigenvalue weighted by molar-refractivity contribution is 7.98. The number of carboxylic acids is 1. The van der Waals surface area contributed by atoms with E-state index in [1.807, 2.05) is 30.3 Å². The standard InChI is InChI=1S/C14H13NO3S/c1-18-11-5-3-6-12(8-11)19-9-10-4-2-7-13(15-10)14(16)17/h2-8H,9H2,1H3,(H,16,17). The Morgan fingerprint density at radius 2 is 2.11 bits per heavy atom. The summed E-state index contributed by atoms with van der Waals surface area (Å²) in [7, 11) is 1.63. The Labute approximate surface area is 115 Å². The molecule has 0 saturated heterocycles. The fourth-order valence-corrected chi connectivity index (χ4v) is 2.38. The van der Waals surface area contributed by atoms with Crippen LogP contribution < -0.4 is 4.74 Å². The van der Waals surface area contributed by atoms with Crippen LogP contribution in [0.25, 0.3) is 0 Å². The summed E-state index contributed by atoms with van der Waals surface area (Å²) in [6.45, 7) is 0. The third-order valence-corrected chi connectivity index (χ3v) is 3.48. The van der Waals surface area contributed by atoms with E-state index in [0.717, 1.165) is 16.3 Å². The summed E-state index contributed by atoms with van der Waals surface area (Å²) in [5.74, 6) is 0.416. The van der Waals surface area contributed by atoms with Gasteiger partial charge in [0.25, 0.3) is 0 Å². The summed E-state index contributed by atoms with van der Waals surface area (Å²) in [5, 5.41) is 8.88. The molecule has 0 aliphatic rings. The lowest BCUT2D eigenvalue weighted by Gasteiger charge is -2.04. The fourth-order valence-electron chi connectivity index (χ4n) is 1.53. The number of carbonyl (C=O) groups is 1. The predicted molar refractivity (Wildman–Crippen MR) is 73.8 cm³/mol. The van der Waals surface area contributed by atoms with Crippen molar-refractivity contribution in [1.29, 1.82) is 0 Å². The topological polar surface area (TPSA) is 59.4 Å². The number of benzene rings is 1. The summed E-state index contributed by atoms with van der Waals surface area (Å²) in [5.41, 5.74) is 0.816. The first-order chi connectivity index (χ1) is 9.19. The normalized spacial score (nSPS) is 10.2. The minimum Gasteiger partial charge on any atom is -0.497 e. The number of rotatable bonds is 5. The molecule has 2 aromatic rings. The third kappa shape index (κ3) is 3.72. The Bertz CT molecular complexity index is 586. The van der Waals surface area contributed by atoms with E-state index in [-0.39, 0.29) is 5.69 Å². The van der Waals surface area contributed by atoms with Crippen LogP contribution in [-0.2, 0) is 5.75 Å². The van der Waals surface area contributed by atoms with E-state index in [9.17, 15) is 4.79 Å². The maximum absolute atomic E-state index is 10.8. The molecular weight excluding hydrogens is 262 g/mol. The summed E-state index contributed by atoms with van der Waals surface area (Å²) in [6.07, 6.45) is 0. The second kappa shape index (κ2) is 6.24. The number of hydrogen-bond acceptors (Lipinski definition) is 4. The van der Waals surface area contributed by atoms with E-state index in [1.165, 1.54) is 6.07 Å². The molecule has 2 rings (SSSR count). The zero-order valence-electron chi connectivity index (χ0n) is 10.4. The van der Waals surface area contributed by atoms with Crippen LogP contribution in [0.3, 0.4) is 0 Å². The van der Waals surface area contributed by atoms with Crippen LogP contribution in [0.1, 0.15) is 16.2 Å². The van der Waals surface area contributed by atoms with Crippen molar-refractivity contribution >= 4 is 17.7 Å². The van der Waals surface area contributed by atoms with Crippen molar-refractivity contribution in [2.75, 3.05) is 7.11 Å². The molecule has 1 aromatic carbocycles. The maximum atomic E-state index is 10.8. The highest BCUT2D eigenvalue weighted by Gasteiger charge is 2.05. The van der Waals surface area contributed by atoms with Gasteiger partial charge in [-0.3, -0.25) is 0 Å². The van der Waals surface area contributed by atoms with Gasteiger partial charge in [-0.15, -0.1) is 11.8 Å². The van der Waals surface area contributed by atoms with Crippen molar-refractivity contribution in [3.8, 4) is 5.75 Å². The van der Waals surface area contributed by atoms with Gasteiger partial charge >= 0.3 is 5.97 Å². The largest absolute Gasteiger partial charge is 0.497 e. The van der Waals surface area contributed by atoms with Gasteiger partial charge < -0.3 is 9.84 Å². The van der Waals surface area contributed by atoms with E-state index < -0.39 is 5.97 Å². The number of carboxylic acid groups (broad SMARTS) is 1. The molecule has 98 valence electrons. The highest BCUT2D eigenvalue weighted by Crippen LogP contribution is 2.25. The lowest BCUT2D eigenvalue weighted by molar-refractivity contribution is 0.0690. The van der Waals surface area contributed by atoms with Crippen molar-refractivity contribution in [1.82, 2.24) is 4.98 Å². The molecule has 19 heavy (non-hydrogen) atoms. The molecule has 1 N–H and O–H groups in total. The zero-order valence-corrected chi connectivity index (χ0v) is 11.2. The van der Waals surface area contributed by atoms with Gasteiger partial charge in [0.2, 0.25) is 0 Å². The quantitative estimate of drug-likeness (QED) is 0.850. The first-order valence-electron chi connectivity index (χ1n) is 5.65. The molecular formula is C14H13NO3S. The van der Waals surface area contributed by atoms with Crippen molar-refractivity contribution in [2.24, 2.45) is 0 Å². The van der Waals surface area contributed by atoms with E-state index in [0.29, 0.717) is 5.75 Å². The number of pyridine rings is 1. The van der Waals surface area contributed by atoms with E-state index in [4.69, 9.17) is 9.84 Å². The molecule has 0 radical (unpaired) electrons. The second-order valence-electron chi connectivity index (χ2n) is 3.79. The molecule has 0 amide bonds. The highest BCUT2D eigenvalue weighted by atomic mass is 32.2. The number of nitrogens with zero attached hydrogens (tertiary/aromatic N) is 1. The molecule has 0 aliphatic heterocycles. The number of ether oxygens (including phenoxy) is 1. The average Bonchev–Trinajstić information content (AvgIpc) is 2.45. The van der Waals surface area contributed by atoms with Crippen LogP contribution in [0.5, 0.6) is 5.75 Å². The fraction of sp³-hybridized carbons (Fsp3) is 0.143. The molecule has 0 fully saturated rings. The van der Waals surface area contributed by atoms with Gasteiger partial charge in [0.1, 0.15) is 11.4 Å². The van der Waals surface area contributed by atoms with Crippen molar-refractivity contribution in [2.45, 2.75) is 10.6 Å². The first kappa shape index (κ1) is 13.4. The molecule has 1 aromatic heterocycles. The van der Waals surface area contributed by atoms with Gasteiger partial charge in [0.15, 0.2) is 0 Å². The van der Waals surface area contributed by atoms with E-state index in [1.54, 1.807) is 24.9 Å². The summed E-state index contributed by atoms with van der Waals surface area (Å²) in [6, 6.07) is 12.7.